The van der Waals surface area contributed by atoms with E-state index in [2.05, 4.69) is 43.4 Å². The van der Waals surface area contributed by atoms with Crippen molar-refractivity contribution >= 4 is 5.97 Å². The van der Waals surface area contributed by atoms with Crippen molar-refractivity contribution in [2.24, 2.45) is 0 Å². The molecule has 1 aromatic rings. The van der Waals surface area contributed by atoms with Crippen LogP contribution in [0.1, 0.15) is 31.0 Å². The summed E-state index contributed by atoms with van der Waals surface area (Å²) in [5, 5.41) is 11.7. The summed E-state index contributed by atoms with van der Waals surface area (Å²) >= 11 is 0. The highest BCUT2D eigenvalue weighted by molar-refractivity contribution is 5.79. The zero-order valence-corrected chi connectivity index (χ0v) is 10.3. The Morgan fingerprint density at radius 1 is 1.41 bits per heavy atom. The molecule has 1 atom stereocenters. The first-order valence-corrected chi connectivity index (χ1v) is 5.85. The van der Waals surface area contributed by atoms with Crippen LogP contribution in [0.5, 0.6) is 0 Å². The maximum Gasteiger partial charge on any atom is 0.328 e. The van der Waals surface area contributed by atoms with Crippen molar-refractivity contribution in [2.75, 3.05) is 6.54 Å². The maximum atomic E-state index is 10.3. The topological polar surface area (TPSA) is 49.3 Å². The lowest BCUT2D eigenvalue weighted by Gasteiger charge is -2.13. The summed E-state index contributed by atoms with van der Waals surface area (Å²) in [5.41, 5.74) is 2.54. The van der Waals surface area contributed by atoms with Gasteiger partial charge in [-0.2, -0.15) is 0 Å². The number of carbonyl (C=O) groups is 1. The number of hydrogen-bond donors (Lipinski definition) is 2. The lowest BCUT2D eigenvalue weighted by Crippen LogP contribution is -2.18. The number of benzene rings is 1. The third-order valence-electron chi connectivity index (χ3n) is 2.69. The molecule has 0 aliphatic rings. The standard InChI is InChI=1S/C14H19NO2/c1-3-12-6-8-13(9-7-12)11(2)15-10-4-5-14(16)17/h4-9,11,15H,3,10H2,1-2H3,(H,16,17)/b5-4+. The van der Waals surface area contributed by atoms with Gasteiger partial charge < -0.3 is 10.4 Å². The average Bonchev–Trinajstić information content (AvgIpc) is 2.34. The van der Waals surface area contributed by atoms with Crippen LogP contribution in [0.15, 0.2) is 36.4 Å². The number of aliphatic carboxylic acids is 1. The maximum absolute atomic E-state index is 10.3. The molecular formula is C14H19NO2. The monoisotopic (exact) mass is 233 g/mol. The van der Waals surface area contributed by atoms with E-state index < -0.39 is 5.97 Å². The van der Waals surface area contributed by atoms with Gasteiger partial charge in [0.1, 0.15) is 0 Å². The molecule has 0 aliphatic carbocycles. The molecule has 0 aliphatic heterocycles. The Labute approximate surface area is 102 Å². The van der Waals surface area contributed by atoms with Gasteiger partial charge >= 0.3 is 5.97 Å². The molecule has 0 fully saturated rings. The predicted octanol–water partition coefficient (Wildman–Crippen LogP) is 2.54. The van der Waals surface area contributed by atoms with E-state index in [1.54, 1.807) is 6.08 Å². The van der Waals surface area contributed by atoms with Gasteiger partial charge in [-0.3, -0.25) is 0 Å². The summed E-state index contributed by atoms with van der Waals surface area (Å²) < 4.78 is 0. The Morgan fingerprint density at radius 2 is 2.06 bits per heavy atom. The molecule has 3 heteroatoms. The molecule has 0 heterocycles. The number of nitrogens with one attached hydrogen (secondary N) is 1. The molecule has 0 bridgehead atoms. The van der Waals surface area contributed by atoms with Gasteiger partial charge in [-0.25, -0.2) is 4.79 Å². The first kappa shape index (κ1) is 13.5. The summed E-state index contributed by atoms with van der Waals surface area (Å²) in [6.07, 6.45) is 3.81. The predicted molar refractivity (Wildman–Crippen MR) is 69.0 cm³/mol. The number of aryl methyl sites for hydroxylation is 1. The normalized spacial score (nSPS) is 12.8. The van der Waals surface area contributed by atoms with Crippen LogP contribution in [0.4, 0.5) is 0 Å². The van der Waals surface area contributed by atoms with Gasteiger partial charge in [0.25, 0.3) is 0 Å². The van der Waals surface area contributed by atoms with Crippen molar-refractivity contribution in [3.8, 4) is 0 Å². The fraction of sp³-hybridized carbons (Fsp3) is 0.357. The lowest BCUT2D eigenvalue weighted by atomic mass is 10.1. The minimum absolute atomic E-state index is 0.222. The van der Waals surface area contributed by atoms with Crippen molar-refractivity contribution in [3.05, 3.63) is 47.5 Å². The van der Waals surface area contributed by atoms with Crippen molar-refractivity contribution < 1.29 is 9.90 Å². The van der Waals surface area contributed by atoms with Crippen molar-refractivity contribution in [2.45, 2.75) is 26.3 Å². The Bertz CT molecular complexity index is 382. The second-order valence-corrected chi connectivity index (χ2v) is 3.97. The van der Waals surface area contributed by atoms with Gasteiger partial charge in [-0.15, -0.1) is 0 Å². The molecule has 0 saturated carbocycles. The molecule has 2 N–H and O–H groups in total. The molecule has 3 nitrogen and oxygen atoms in total. The number of carboxylic acids is 1. The zero-order chi connectivity index (χ0) is 12.7. The van der Waals surface area contributed by atoms with Crippen LogP contribution >= 0.6 is 0 Å². The van der Waals surface area contributed by atoms with E-state index in [1.165, 1.54) is 11.1 Å². The quantitative estimate of drug-likeness (QED) is 0.742. The number of carboxylic acid groups (broad SMARTS) is 1. The van der Waals surface area contributed by atoms with Crippen LogP contribution in [0.3, 0.4) is 0 Å². The molecule has 1 unspecified atom stereocenters. The summed E-state index contributed by atoms with van der Waals surface area (Å²) in [6.45, 7) is 4.76. The van der Waals surface area contributed by atoms with Gasteiger partial charge in [0, 0.05) is 18.7 Å². The molecule has 1 aromatic carbocycles. The molecule has 0 aromatic heterocycles. The first-order valence-electron chi connectivity index (χ1n) is 5.85. The molecule has 0 amide bonds. The van der Waals surface area contributed by atoms with Crippen LogP contribution in [0.25, 0.3) is 0 Å². The van der Waals surface area contributed by atoms with Crippen LogP contribution in [-0.2, 0) is 11.2 Å². The van der Waals surface area contributed by atoms with E-state index in [1.807, 2.05) is 0 Å². The highest BCUT2D eigenvalue weighted by Gasteiger charge is 2.02. The zero-order valence-electron chi connectivity index (χ0n) is 10.3. The first-order chi connectivity index (χ1) is 8.13. The average molecular weight is 233 g/mol. The molecule has 1 rings (SSSR count). The summed E-state index contributed by atoms with van der Waals surface area (Å²) in [5.74, 6) is -0.910. The molecule has 17 heavy (non-hydrogen) atoms. The van der Waals surface area contributed by atoms with E-state index in [0.717, 1.165) is 12.5 Å². The number of rotatable bonds is 6. The van der Waals surface area contributed by atoms with Gasteiger partial charge in [0.05, 0.1) is 0 Å². The minimum atomic E-state index is -0.910. The van der Waals surface area contributed by atoms with Gasteiger partial charge in [-0.1, -0.05) is 37.3 Å². The van der Waals surface area contributed by atoms with Gasteiger partial charge in [0.15, 0.2) is 0 Å². The third kappa shape index (κ3) is 4.83. The third-order valence-corrected chi connectivity index (χ3v) is 2.69. The fourth-order valence-electron chi connectivity index (χ4n) is 1.56. The Hall–Kier alpha value is -1.61. The van der Waals surface area contributed by atoms with E-state index in [4.69, 9.17) is 5.11 Å². The highest BCUT2D eigenvalue weighted by Crippen LogP contribution is 2.13. The second kappa shape index (κ2) is 6.86. The summed E-state index contributed by atoms with van der Waals surface area (Å²) in [4.78, 5) is 10.3. The molecule has 0 radical (unpaired) electrons. The Kier molecular flexibility index (Phi) is 5.43. The van der Waals surface area contributed by atoms with Gasteiger partial charge in [0.2, 0.25) is 0 Å². The molecule has 0 saturated heterocycles. The second-order valence-electron chi connectivity index (χ2n) is 3.97. The Morgan fingerprint density at radius 3 is 2.59 bits per heavy atom. The van der Waals surface area contributed by atoms with Crippen LogP contribution in [-0.4, -0.2) is 17.6 Å². The minimum Gasteiger partial charge on any atom is -0.478 e. The molecule has 92 valence electrons. The van der Waals surface area contributed by atoms with Crippen LogP contribution in [0.2, 0.25) is 0 Å². The van der Waals surface area contributed by atoms with Crippen molar-refractivity contribution in [3.63, 3.8) is 0 Å². The van der Waals surface area contributed by atoms with Crippen molar-refractivity contribution in [1.29, 1.82) is 0 Å². The van der Waals surface area contributed by atoms with Crippen LogP contribution in [0, 0.1) is 0 Å². The fourth-order valence-corrected chi connectivity index (χ4v) is 1.56. The highest BCUT2D eigenvalue weighted by atomic mass is 16.4. The van der Waals surface area contributed by atoms with E-state index in [9.17, 15) is 4.79 Å². The summed E-state index contributed by atoms with van der Waals surface area (Å²) in [6, 6.07) is 8.69. The van der Waals surface area contributed by atoms with Gasteiger partial charge in [-0.05, 0) is 24.5 Å². The van der Waals surface area contributed by atoms with E-state index in [0.29, 0.717) is 6.54 Å². The van der Waals surface area contributed by atoms with E-state index in [-0.39, 0.29) is 6.04 Å². The smallest absolute Gasteiger partial charge is 0.328 e. The number of hydrogen-bond acceptors (Lipinski definition) is 2. The summed E-state index contributed by atoms with van der Waals surface area (Å²) in [7, 11) is 0. The van der Waals surface area contributed by atoms with Crippen LogP contribution < -0.4 is 5.32 Å². The SMILES string of the molecule is CCc1ccc(C(C)NC/C=C/C(=O)O)cc1. The van der Waals surface area contributed by atoms with Crippen molar-refractivity contribution in [1.82, 2.24) is 5.32 Å². The Balaban J connectivity index is 2.46. The van der Waals surface area contributed by atoms with E-state index >= 15 is 0 Å². The molecular weight excluding hydrogens is 214 g/mol. The largest absolute Gasteiger partial charge is 0.478 e. The molecule has 0 spiro atoms. The lowest BCUT2D eigenvalue weighted by molar-refractivity contribution is -0.131.